The Bertz CT molecular complexity index is 440. The van der Waals surface area contributed by atoms with Crippen molar-refractivity contribution < 1.29 is 19.2 Å². The summed E-state index contributed by atoms with van der Waals surface area (Å²) in [6, 6.07) is -0.645. The fourth-order valence-electron chi connectivity index (χ4n) is 2.02. The van der Waals surface area contributed by atoms with E-state index in [4.69, 9.17) is 0 Å². The predicted molar refractivity (Wildman–Crippen MR) is 68.4 cm³/mol. The van der Waals surface area contributed by atoms with Crippen LogP contribution in [-0.2, 0) is 14.4 Å². The number of hydrogen-bond donors (Lipinski definition) is 1. The molecule has 4 amide bonds. The van der Waals surface area contributed by atoms with Crippen LogP contribution in [0.2, 0.25) is 0 Å². The number of amides is 4. The van der Waals surface area contributed by atoms with Gasteiger partial charge in [-0.25, -0.2) is 0 Å². The van der Waals surface area contributed by atoms with Crippen molar-refractivity contribution in [3.05, 3.63) is 0 Å². The summed E-state index contributed by atoms with van der Waals surface area (Å²) in [5.74, 6) is -0.462. The average Bonchev–Trinajstić information content (AvgIpc) is 2.76. The topological polar surface area (TPSA) is 86.8 Å². The van der Waals surface area contributed by atoms with Gasteiger partial charge in [0.25, 0.3) is 5.24 Å². The van der Waals surface area contributed by atoms with Gasteiger partial charge < -0.3 is 9.80 Å². The summed E-state index contributed by atoms with van der Waals surface area (Å²) in [6.07, 6.45) is 0.136. The second kappa shape index (κ2) is 5.60. The Hall–Kier alpha value is -1.57. The lowest BCUT2D eigenvalue weighted by Gasteiger charge is -2.32. The molecule has 0 aromatic rings. The number of hydrogen-bond acceptors (Lipinski definition) is 5. The van der Waals surface area contributed by atoms with E-state index in [1.54, 1.807) is 11.8 Å². The Morgan fingerprint density at radius 2 is 2.16 bits per heavy atom. The van der Waals surface area contributed by atoms with E-state index in [0.717, 1.165) is 5.75 Å². The van der Waals surface area contributed by atoms with Crippen LogP contribution in [0.1, 0.15) is 13.3 Å². The number of carbonyl (C=O) groups is 4. The Balaban J connectivity index is 1.90. The fourth-order valence-corrected chi connectivity index (χ4v) is 2.87. The molecule has 2 rings (SSSR count). The van der Waals surface area contributed by atoms with Crippen molar-refractivity contribution in [3.8, 4) is 0 Å². The third kappa shape index (κ3) is 3.06. The molecule has 0 aromatic carbocycles. The van der Waals surface area contributed by atoms with Crippen LogP contribution in [0.15, 0.2) is 0 Å². The van der Waals surface area contributed by atoms with Crippen molar-refractivity contribution in [2.45, 2.75) is 19.4 Å². The van der Waals surface area contributed by atoms with Gasteiger partial charge in [0.2, 0.25) is 17.7 Å². The fraction of sp³-hybridized carbons (Fsp3) is 0.636. The van der Waals surface area contributed by atoms with E-state index in [-0.39, 0.29) is 24.1 Å². The molecule has 1 unspecified atom stereocenters. The average molecular weight is 285 g/mol. The molecule has 1 atom stereocenters. The van der Waals surface area contributed by atoms with Crippen LogP contribution >= 0.6 is 11.8 Å². The van der Waals surface area contributed by atoms with Gasteiger partial charge in [-0.3, -0.25) is 24.5 Å². The summed E-state index contributed by atoms with van der Waals surface area (Å²) in [5.41, 5.74) is 0. The zero-order valence-electron chi connectivity index (χ0n) is 10.5. The Kier molecular flexibility index (Phi) is 4.08. The van der Waals surface area contributed by atoms with Crippen LogP contribution in [0.25, 0.3) is 0 Å². The number of piperazine rings is 1. The summed E-state index contributed by atoms with van der Waals surface area (Å²) in [4.78, 5) is 48.9. The van der Waals surface area contributed by atoms with Crippen LogP contribution < -0.4 is 5.32 Å². The first-order valence-corrected chi connectivity index (χ1v) is 7.02. The minimum Gasteiger partial charge on any atom is -0.332 e. The Morgan fingerprint density at radius 3 is 2.79 bits per heavy atom. The van der Waals surface area contributed by atoms with Crippen molar-refractivity contribution in [1.82, 2.24) is 15.1 Å². The highest BCUT2D eigenvalue weighted by molar-refractivity contribution is 8.13. The van der Waals surface area contributed by atoms with E-state index >= 15 is 0 Å². The normalized spacial score (nSPS) is 23.8. The first-order chi connectivity index (χ1) is 8.99. The van der Waals surface area contributed by atoms with Gasteiger partial charge in [0.05, 0.1) is 0 Å². The highest BCUT2D eigenvalue weighted by atomic mass is 32.2. The number of rotatable bonds is 3. The van der Waals surface area contributed by atoms with Gasteiger partial charge in [0.1, 0.15) is 12.6 Å². The minimum atomic E-state index is -0.645. The lowest BCUT2D eigenvalue weighted by molar-refractivity contribution is -0.149. The van der Waals surface area contributed by atoms with Gasteiger partial charge in [0, 0.05) is 25.3 Å². The second-order valence-corrected chi connectivity index (χ2v) is 5.51. The molecule has 0 aliphatic carbocycles. The van der Waals surface area contributed by atoms with E-state index in [0.29, 0.717) is 13.1 Å². The Morgan fingerprint density at radius 1 is 1.42 bits per heavy atom. The molecule has 2 aliphatic rings. The number of thioether (sulfide) groups is 1. The van der Waals surface area contributed by atoms with Crippen LogP contribution in [0, 0.1) is 0 Å². The van der Waals surface area contributed by atoms with Crippen LogP contribution in [-0.4, -0.2) is 64.2 Å². The maximum atomic E-state index is 12.0. The summed E-state index contributed by atoms with van der Waals surface area (Å²) >= 11 is 1.24. The maximum Gasteiger partial charge on any atom is 0.281 e. The number of carbonyl (C=O) groups excluding carboxylic acids is 4. The molecule has 104 valence electrons. The predicted octanol–water partition coefficient (Wildman–Crippen LogP) is -0.581. The maximum absolute atomic E-state index is 12.0. The van der Waals surface area contributed by atoms with Gasteiger partial charge >= 0.3 is 0 Å². The third-order valence-corrected chi connectivity index (χ3v) is 4.08. The third-order valence-electron chi connectivity index (χ3n) is 3.18. The van der Waals surface area contributed by atoms with Crippen LogP contribution in [0.5, 0.6) is 0 Å². The minimum absolute atomic E-state index is 0.0201. The van der Waals surface area contributed by atoms with Gasteiger partial charge in [-0.1, -0.05) is 11.8 Å². The Labute approximate surface area is 114 Å². The van der Waals surface area contributed by atoms with Crippen LogP contribution in [0.3, 0.4) is 0 Å². The number of nitrogens with zero attached hydrogens (tertiary/aromatic N) is 2. The number of nitrogens with one attached hydrogen (secondary N) is 1. The van der Waals surface area contributed by atoms with E-state index in [2.05, 4.69) is 5.32 Å². The molecule has 8 heteroatoms. The molecule has 0 aromatic heterocycles. The van der Waals surface area contributed by atoms with E-state index < -0.39 is 17.9 Å². The molecule has 2 heterocycles. The second-order valence-electron chi connectivity index (χ2n) is 4.46. The van der Waals surface area contributed by atoms with E-state index in [1.165, 1.54) is 16.7 Å². The standard InChI is InChI=1S/C11H15N3O4S/c1-7-10(17)12-8(15)6-14(7)9(16)2-3-13-4-5-19-11(13)18/h7H,2-6H2,1H3,(H,12,15,17). The van der Waals surface area contributed by atoms with Gasteiger partial charge in [-0.15, -0.1) is 0 Å². The smallest absolute Gasteiger partial charge is 0.281 e. The SMILES string of the molecule is CC1C(=O)NC(=O)CN1C(=O)CCN1CCSC1=O. The van der Waals surface area contributed by atoms with Crippen molar-refractivity contribution >= 4 is 34.7 Å². The summed E-state index contributed by atoms with van der Waals surface area (Å²) < 4.78 is 0. The molecule has 0 radical (unpaired) electrons. The number of imide groups is 1. The molecule has 0 bridgehead atoms. The van der Waals surface area contributed by atoms with E-state index in [9.17, 15) is 19.2 Å². The molecule has 2 saturated heterocycles. The highest BCUT2D eigenvalue weighted by Gasteiger charge is 2.33. The molecule has 2 aliphatic heterocycles. The van der Waals surface area contributed by atoms with Crippen molar-refractivity contribution in [1.29, 1.82) is 0 Å². The highest BCUT2D eigenvalue weighted by Crippen LogP contribution is 2.17. The molecule has 2 fully saturated rings. The molecule has 19 heavy (non-hydrogen) atoms. The lowest BCUT2D eigenvalue weighted by atomic mass is 10.2. The quantitative estimate of drug-likeness (QED) is 0.701. The first kappa shape index (κ1) is 13.9. The lowest BCUT2D eigenvalue weighted by Crippen LogP contribution is -2.58. The summed E-state index contributed by atoms with van der Waals surface area (Å²) in [7, 11) is 0. The van der Waals surface area contributed by atoms with E-state index in [1.807, 2.05) is 0 Å². The molecular formula is C11H15N3O4S. The molecule has 1 N–H and O–H groups in total. The van der Waals surface area contributed by atoms with Gasteiger partial charge in [-0.05, 0) is 6.92 Å². The van der Waals surface area contributed by atoms with Gasteiger partial charge in [-0.2, -0.15) is 0 Å². The molecule has 0 spiro atoms. The van der Waals surface area contributed by atoms with Crippen LogP contribution in [0.4, 0.5) is 4.79 Å². The molecule has 7 nitrogen and oxygen atoms in total. The zero-order valence-corrected chi connectivity index (χ0v) is 11.4. The monoisotopic (exact) mass is 285 g/mol. The van der Waals surface area contributed by atoms with Crippen molar-refractivity contribution in [2.24, 2.45) is 0 Å². The first-order valence-electron chi connectivity index (χ1n) is 6.04. The zero-order chi connectivity index (χ0) is 14.0. The molecular weight excluding hydrogens is 270 g/mol. The van der Waals surface area contributed by atoms with Crippen molar-refractivity contribution in [2.75, 3.05) is 25.4 Å². The molecule has 0 saturated carbocycles. The summed E-state index contributed by atoms with van der Waals surface area (Å²) in [6.45, 7) is 2.46. The van der Waals surface area contributed by atoms with Crippen molar-refractivity contribution in [3.63, 3.8) is 0 Å². The largest absolute Gasteiger partial charge is 0.332 e. The van der Waals surface area contributed by atoms with Gasteiger partial charge in [0.15, 0.2) is 0 Å². The summed E-state index contributed by atoms with van der Waals surface area (Å²) in [5, 5.41) is 2.16.